The average Bonchev–Trinajstić information content (AvgIpc) is 3.09. The van der Waals surface area contributed by atoms with Crippen LogP contribution in [0.1, 0.15) is 46.6 Å². The minimum atomic E-state index is -1.91. The van der Waals surface area contributed by atoms with E-state index in [4.69, 9.17) is 32.8 Å². The van der Waals surface area contributed by atoms with Crippen LogP contribution in [0.5, 0.6) is 23.0 Å². The van der Waals surface area contributed by atoms with Gasteiger partial charge in [-0.1, -0.05) is 11.6 Å². The quantitative estimate of drug-likeness (QED) is 0.121. The van der Waals surface area contributed by atoms with Gasteiger partial charge in [-0.25, -0.2) is 0 Å². The van der Waals surface area contributed by atoms with Crippen LogP contribution in [0.4, 0.5) is 0 Å². The number of ether oxygens (including phenoxy) is 6. The molecule has 10 unspecified atom stereocenters. The second kappa shape index (κ2) is 16.2. The third-order valence-electron chi connectivity index (χ3n) is 8.99. The highest BCUT2D eigenvalue weighted by atomic mass is 16.7. The Balaban J connectivity index is 1.61. The summed E-state index contributed by atoms with van der Waals surface area (Å²) < 4.78 is 40.6. The molecule has 0 radical (unpaired) electrons. The highest BCUT2D eigenvalue weighted by Crippen LogP contribution is 2.41. The maximum Gasteiger partial charge on any atom is 0.303 e. The molecular formula is C37H44O16. The number of carbonyl (C=O) groups is 2. The summed E-state index contributed by atoms with van der Waals surface area (Å²) >= 11 is 0. The van der Waals surface area contributed by atoms with Crippen LogP contribution in [0.3, 0.4) is 0 Å². The zero-order valence-electron chi connectivity index (χ0n) is 29.9. The van der Waals surface area contributed by atoms with E-state index in [0.29, 0.717) is 11.3 Å². The van der Waals surface area contributed by atoms with Gasteiger partial charge >= 0.3 is 5.97 Å². The Hall–Kier alpha value is -4.55. The molecule has 16 heteroatoms. The normalized spacial score (nSPS) is 28.6. The molecule has 0 saturated carbocycles. The molecule has 5 rings (SSSR count). The maximum atomic E-state index is 14.3. The molecule has 0 spiro atoms. The van der Waals surface area contributed by atoms with Crippen molar-refractivity contribution in [3.8, 4) is 34.3 Å². The SMILES string of the molecule is COc1ccc(-c2oc3c(CC=C(C)C)c(O)cc(O)c3c(=O)c2OC2OC(C)C(OC(C)=O)C(OC3OC(CC(C)=O)C(O)C(O)C3O)C2O)cc1. The van der Waals surface area contributed by atoms with E-state index >= 15 is 0 Å². The van der Waals surface area contributed by atoms with E-state index in [0.717, 1.165) is 18.6 Å². The summed E-state index contributed by atoms with van der Waals surface area (Å²) in [5, 5.41) is 64.9. The van der Waals surface area contributed by atoms with Crippen LogP contribution >= 0.6 is 0 Å². The zero-order valence-corrected chi connectivity index (χ0v) is 29.9. The van der Waals surface area contributed by atoms with Gasteiger partial charge in [0, 0.05) is 30.5 Å². The number of methoxy groups -OCH3 is 1. The Labute approximate surface area is 303 Å². The van der Waals surface area contributed by atoms with E-state index in [1.807, 2.05) is 13.8 Å². The molecule has 2 fully saturated rings. The lowest BCUT2D eigenvalue weighted by Gasteiger charge is -2.46. The minimum Gasteiger partial charge on any atom is -0.507 e. The number of phenols is 2. The molecule has 1 aromatic heterocycles. The van der Waals surface area contributed by atoms with Crippen molar-refractivity contribution in [3.63, 3.8) is 0 Å². The van der Waals surface area contributed by atoms with Crippen LogP contribution in [-0.2, 0) is 35.0 Å². The highest BCUT2D eigenvalue weighted by molar-refractivity contribution is 5.91. The second-order valence-corrected chi connectivity index (χ2v) is 13.3. The van der Waals surface area contributed by atoms with E-state index in [1.54, 1.807) is 30.3 Å². The summed E-state index contributed by atoms with van der Waals surface area (Å²) in [5.74, 6) is -2.34. The van der Waals surface area contributed by atoms with Gasteiger partial charge in [-0.2, -0.15) is 0 Å². The lowest BCUT2D eigenvalue weighted by atomic mass is 9.95. The monoisotopic (exact) mass is 744 g/mol. The van der Waals surface area contributed by atoms with Gasteiger partial charge in [0.15, 0.2) is 18.2 Å². The first kappa shape index (κ1) is 39.7. The van der Waals surface area contributed by atoms with Crippen LogP contribution in [0.25, 0.3) is 22.3 Å². The standard InChI is InChI=1S/C37H44O16/c1-15(2)7-12-21-22(40)14-23(41)25-27(43)34(32(51-33(21)25)19-8-10-20(47-6)11-9-19)52-37-30(46)35(31(17(4)48-37)49-18(5)39)53-36-29(45)28(44)26(42)24(50-36)13-16(3)38/h7-11,14,17,24,26,28-31,35-37,40-42,44-46H,12-13H2,1-6H3. The van der Waals surface area contributed by atoms with E-state index in [1.165, 1.54) is 21.0 Å². The summed E-state index contributed by atoms with van der Waals surface area (Å²) in [4.78, 5) is 38.3. The molecule has 0 bridgehead atoms. The molecule has 0 amide bonds. The largest absolute Gasteiger partial charge is 0.507 e. The lowest BCUT2D eigenvalue weighted by Crippen LogP contribution is -2.64. The smallest absolute Gasteiger partial charge is 0.303 e. The van der Waals surface area contributed by atoms with Crippen molar-refractivity contribution >= 4 is 22.7 Å². The van der Waals surface area contributed by atoms with Crippen molar-refractivity contribution in [2.45, 2.75) is 109 Å². The molecule has 53 heavy (non-hydrogen) atoms. The van der Waals surface area contributed by atoms with Gasteiger partial charge in [0.05, 0.1) is 19.3 Å². The number of benzene rings is 2. The molecule has 3 heterocycles. The summed E-state index contributed by atoms with van der Waals surface area (Å²) in [6.45, 7) is 7.49. The number of phenolic OH excluding ortho intramolecular Hbond substituents is 2. The highest BCUT2D eigenvalue weighted by Gasteiger charge is 2.52. The van der Waals surface area contributed by atoms with Crippen molar-refractivity contribution in [1.29, 1.82) is 0 Å². The molecule has 288 valence electrons. The molecule has 0 aliphatic carbocycles. The molecular weight excluding hydrogens is 700 g/mol. The van der Waals surface area contributed by atoms with Gasteiger partial charge in [0.25, 0.3) is 0 Å². The van der Waals surface area contributed by atoms with Crippen LogP contribution in [0.15, 0.2) is 51.2 Å². The molecule has 2 aliphatic rings. The predicted octanol–water partition coefficient (Wildman–Crippen LogP) is 1.98. The van der Waals surface area contributed by atoms with Gasteiger partial charge in [0.1, 0.15) is 64.5 Å². The topological polar surface area (TPSA) is 241 Å². The Kier molecular flexibility index (Phi) is 12.1. The number of aromatic hydroxyl groups is 2. The fourth-order valence-electron chi connectivity index (χ4n) is 6.26. The van der Waals surface area contributed by atoms with Crippen LogP contribution in [-0.4, -0.2) is 111 Å². The number of aliphatic hydroxyl groups excluding tert-OH is 4. The Morgan fingerprint density at radius 2 is 1.55 bits per heavy atom. The van der Waals surface area contributed by atoms with Gasteiger partial charge in [-0.05, 0) is 58.4 Å². The molecule has 10 atom stereocenters. The summed E-state index contributed by atoms with van der Waals surface area (Å²) in [7, 11) is 1.47. The van der Waals surface area contributed by atoms with Crippen molar-refractivity contribution in [2.24, 2.45) is 0 Å². The second-order valence-electron chi connectivity index (χ2n) is 13.3. The Morgan fingerprint density at radius 3 is 2.15 bits per heavy atom. The van der Waals surface area contributed by atoms with Gasteiger partial charge in [0.2, 0.25) is 17.5 Å². The fraction of sp³-hybridized carbons (Fsp3) is 0.486. The van der Waals surface area contributed by atoms with Crippen molar-refractivity contribution in [1.82, 2.24) is 0 Å². The van der Waals surface area contributed by atoms with Gasteiger partial charge in [-0.15, -0.1) is 0 Å². The number of esters is 1. The van der Waals surface area contributed by atoms with Crippen LogP contribution in [0.2, 0.25) is 0 Å². The van der Waals surface area contributed by atoms with Crippen molar-refractivity contribution in [2.75, 3.05) is 7.11 Å². The van der Waals surface area contributed by atoms with E-state index < -0.39 is 90.1 Å². The van der Waals surface area contributed by atoms with E-state index in [2.05, 4.69) is 0 Å². The number of fused-ring (bicyclic) bond motifs is 1. The van der Waals surface area contributed by atoms with Crippen molar-refractivity contribution in [3.05, 3.63) is 57.8 Å². The van der Waals surface area contributed by atoms with E-state index in [9.17, 15) is 45.0 Å². The summed E-state index contributed by atoms with van der Waals surface area (Å²) in [6, 6.07) is 7.32. The number of hydrogen-bond donors (Lipinski definition) is 6. The van der Waals surface area contributed by atoms with Gasteiger partial charge < -0.3 is 63.5 Å². The molecule has 2 saturated heterocycles. The number of ketones is 1. The molecule has 2 aliphatic heterocycles. The third-order valence-corrected chi connectivity index (χ3v) is 8.99. The Morgan fingerprint density at radius 1 is 0.868 bits per heavy atom. The van der Waals surface area contributed by atoms with Crippen molar-refractivity contribution < 1.29 is 73.1 Å². The third kappa shape index (κ3) is 8.33. The first-order chi connectivity index (χ1) is 25.0. The van der Waals surface area contributed by atoms with Gasteiger partial charge in [-0.3, -0.25) is 14.4 Å². The van der Waals surface area contributed by atoms with Crippen LogP contribution in [0, 0.1) is 0 Å². The molecule has 6 N–H and O–H groups in total. The number of allylic oxidation sites excluding steroid dienone is 2. The molecule has 2 aromatic carbocycles. The molecule has 3 aromatic rings. The number of carbonyl (C=O) groups excluding carboxylic acids is 2. The van der Waals surface area contributed by atoms with Crippen LogP contribution < -0.4 is 14.9 Å². The summed E-state index contributed by atoms with van der Waals surface area (Å²) in [5.41, 5.74) is 0.394. The lowest BCUT2D eigenvalue weighted by molar-refractivity contribution is -0.348. The molecule has 16 nitrogen and oxygen atoms in total. The number of Topliss-reactive ketones (excluding diaryl/α,β-unsaturated/α-hetero) is 1. The number of rotatable bonds is 11. The minimum absolute atomic E-state index is 0.123. The fourth-order valence-corrected chi connectivity index (χ4v) is 6.26. The number of aliphatic hydroxyl groups is 4. The first-order valence-corrected chi connectivity index (χ1v) is 16.9. The van der Waals surface area contributed by atoms with E-state index in [-0.39, 0.29) is 40.9 Å². The average molecular weight is 745 g/mol. The number of hydrogen-bond acceptors (Lipinski definition) is 16. The Bertz CT molecular complexity index is 1900. The first-order valence-electron chi connectivity index (χ1n) is 16.9. The zero-order chi connectivity index (χ0) is 38.9. The maximum absolute atomic E-state index is 14.3. The summed E-state index contributed by atoms with van der Waals surface area (Å²) in [6.07, 6.45) is -14.6. The predicted molar refractivity (Wildman–Crippen MR) is 184 cm³/mol.